The Morgan fingerprint density at radius 3 is 2.56 bits per heavy atom. The van der Waals surface area contributed by atoms with Gasteiger partial charge in [0, 0.05) is 58.3 Å². The van der Waals surface area contributed by atoms with Crippen molar-refractivity contribution in [1.29, 1.82) is 0 Å². The molecule has 2 aromatic carbocycles. The van der Waals surface area contributed by atoms with Crippen LogP contribution < -0.4 is 20.3 Å². The van der Waals surface area contributed by atoms with E-state index in [0.29, 0.717) is 33.0 Å². The zero-order valence-corrected chi connectivity index (χ0v) is 26.7. The summed E-state index contributed by atoms with van der Waals surface area (Å²) in [5, 5.41) is 6.83. The molecule has 0 aromatic heterocycles. The Kier molecular flexibility index (Phi) is 12.7. The molecule has 2 N–H and O–H groups in total. The molecule has 0 saturated carbocycles. The molecule has 2 aliphatic heterocycles. The molecular weight excluding hydrogens is 546 g/mol. The molecule has 1 amide bonds. The smallest absolute Gasteiger partial charge is 0.217 e. The molecule has 9 heteroatoms. The quantitative estimate of drug-likeness (QED) is 0.275. The molecule has 2 heterocycles. The van der Waals surface area contributed by atoms with Crippen molar-refractivity contribution in [2.45, 2.75) is 76.9 Å². The van der Waals surface area contributed by atoms with Crippen LogP contribution in [0, 0.1) is 0 Å². The van der Waals surface area contributed by atoms with Crippen molar-refractivity contribution in [3.63, 3.8) is 0 Å². The van der Waals surface area contributed by atoms with Crippen molar-refractivity contribution >= 4 is 11.6 Å². The lowest BCUT2D eigenvalue weighted by atomic mass is 9.80. The lowest BCUT2D eigenvalue weighted by molar-refractivity contribution is -0.120. The minimum Gasteiger partial charge on any atom is -0.490 e. The van der Waals surface area contributed by atoms with E-state index in [9.17, 15) is 4.79 Å². The van der Waals surface area contributed by atoms with Gasteiger partial charge in [-0.3, -0.25) is 4.79 Å². The number of benzene rings is 2. The normalized spacial score (nSPS) is 20.4. The molecule has 4 rings (SSSR count). The lowest BCUT2D eigenvalue weighted by Gasteiger charge is -2.40. The van der Waals surface area contributed by atoms with Crippen molar-refractivity contribution in [2.24, 2.45) is 0 Å². The van der Waals surface area contributed by atoms with Crippen molar-refractivity contribution < 1.29 is 28.5 Å². The van der Waals surface area contributed by atoms with Crippen LogP contribution in [0.3, 0.4) is 0 Å². The number of anilines is 1. The van der Waals surface area contributed by atoms with Gasteiger partial charge in [0.15, 0.2) is 0 Å². The third-order valence-electron chi connectivity index (χ3n) is 8.20. The van der Waals surface area contributed by atoms with E-state index in [1.165, 1.54) is 5.56 Å². The van der Waals surface area contributed by atoms with E-state index < -0.39 is 0 Å². The molecule has 0 unspecified atom stereocenters. The fourth-order valence-corrected chi connectivity index (χ4v) is 6.23. The average Bonchev–Trinajstić information content (AvgIpc) is 2.98. The molecule has 238 valence electrons. The first-order chi connectivity index (χ1) is 20.8. The van der Waals surface area contributed by atoms with Crippen LogP contribution in [0.2, 0.25) is 0 Å². The third-order valence-corrected chi connectivity index (χ3v) is 8.20. The Morgan fingerprint density at radius 2 is 1.81 bits per heavy atom. The minimum atomic E-state index is -0.300. The highest BCUT2D eigenvalue weighted by Crippen LogP contribution is 2.35. The SMILES string of the molecule is COCCCN1CCOc2ccc(CO[C@H]3CN[C@@H](CC(C)(C)NC(C)=O)C[C@@H]3c3ccc(COCCOC)cc3)cc21. The molecule has 2 aliphatic rings. The number of methoxy groups -OCH3 is 2. The van der Waals surface area contributed by atoms with E-state index in [1.54, 1.807) is 21.1 Å². The Morgan fingerprint density at radius 1 is 1.05 bits per heavy atom. The van der Waals surface area contributed by atoms with Gasteiger partial charge in [0.2, 0.25) is 5.91 Å². The topological polar surface area (TPSA) is 90.5 Å². The number of nitrogens with one attached hydrogen (secondary N) is 2. The molecule has 3 atom stereocenters. The predicted molar refractivity (Wildman–Crippen MR) is 169 cm³/mol. The van der Waals surface area contributed by atoms with Crippen LogP contribution >= 0.6 is 0 Å². The zero-order chi connectivity index (χ0) is 30.7. The van der Waals surface area contributed by atoms with Gasteiger partial charge in [-0.05, 0) is 61.9 Å². The van der Waals surface area contributed by atoms with Crippen LogP contribution in [-0.4, -0.2) is 83.9 Å². The van der Waals surface area contributed by atoms with Gasteiger partial charge in [0.1, 0.15) is 12.4 Å². The number of ether oxygens (including phenoxy) is 5. The van der Waals surface area contributed by atoms with Crippen molar-refractivity contribution in [3.05, 3.63) is 59.2 Å². The van der Waals surface area contributed by atoms with Crippen LogP contribution in [0.25, 0.3) is 0 Å². The van der Waals surface area contributed by atoms with E-state index in [1.807, 2.05) is 0 Å². The van der Waals surface area contributed by atoms with E-state index in [-0.39, 0.29) is 29.5 Å². The summed E-state index contributed by atoms with van der Waals surface area (Å²) < 4.78 is 28.7. The van der Waals surface area contributed by atoms with E-state index in [4.69, 9.17) is 23.7 Å². The fourth-order valence-electron chi connectivity index (χ4n) is 6.23. The fraction of sp³-hybridized carbons (Fsp3) is 0.618. The summed E-state index contributed by atoms with van der Waals surface area (Å²) >= 11 is 0. The maximum Gasteiger partial charge on any atom is 0.217 e. The lowest BCUT2D eigenvalue weighted by Crippen LogP contribution is -2.52. The third kappa shape index (κ3) is 10.2. The summed E-state index contributed by atoms with van der Waals surface area (Å²) in [5.74, 6) is 1.14. The van der Waals surface area contributed by atoms with E-state index in [0.717, 1.165) is 68.1 Å². The molecule has 1 saturated heterocycles. The van der Waals surface area contributed by atoms with Crippen molar-refractivity contribution in [3.8, 4) is 5.75 Å². The maximum absolute atomic E-state index is 11.8. The second-order valence-electron chi connectivity index (χ2n) is 12.3. The van der Waals surface area contributed by atoms with E-state index >= 15 is 0 Å². The number of hydrogen-bond acceptors (Lipinski definition) is 8. The molecule has 1 fully saturated rings. The number of amides is 1. The number of hydrogen-bond donors (Lipinski definition) is 2. The minimum absolute atomic E-state index is 0.00501. The molecule has 0 bridgehead atoms. The van der Waals surface area contributed by atoms with Crippen LogP contribution in [0.5, 0.6) is 5.75 Å². The monoisotopic (exact) mass is 597 g/mol. The summed E-state index contributed by atoms with van der Waals surface area (Å²) in [6.45, 7) is 12.0. The summed E-state index contributed by atoms with van der Waals surface area (Å²) in [4.78, 5) is 14.2. The number of piperidine rings is 1. The van der Waals surface area contributed by atoms with Gasteiger partial charge >= 0.3 is 0 Å². The summed E-state index contributed by atoms with van der Waals surface area (Å²) in [5.41, 5.74) is 4.37. The standard InChI is InChI=1S/C34H51N3O6/c1-25(38)36-34(2,3)21-29-20-30(28-10-7-26(8-11-28)23-41-18-17-40-5)33(22-35-29)43-24-27-9-12-32-31(19-27)37(14-16-42-32)13-6-15-39-4/h7-12,19,29-30,33,35H,6,13-18,20-24H2,1-5H3,(H,36,38)/t29-,30-,33+/m1/s1. The number of rotatable bonds is 16. The average molecular weight is 598 g/mol. The number of carbonyl (C=O) groups excluding carboxylic acids is 1. The summed E-state index contributed by atoms with van der Waals surface area (Å²) in [6.07, 6.45) is 2.74. The zero-order valence-electron chi connectivity index (χ0n) is 26.7. The molecule has 0 aliphatic carbocycles. The van der Waals surface area contributed by atoms with Gasteiger partial charge in [0.05, 0.1) is 44.8 Å². The Hall–Kier alpha value is -2.69. The summed E-state index contributed by atoms with van der Waals surface area (Å²) in [6, 6.07) is 15.4. The maximum atomic E-state index is 11.8. The molecule has 2 aromatic rings. The predicted octanol–water partition coefficient (Wildman–Crippen LogP) is 4.42. The van der Waals surface area contributed by atoms with Gasteiger partial charge in [-0.25, -0.2) is 0 Å². The Bertz CT molecular complexity index is 1140. The first kappa shape index (κ1) is 33.2. The largest absolute Gasteiger partial charge is 0.490 e. The van der Waals surface area contributed by atoms with Crippen LogP contribution in [0.15, 0.2) is 42.5 Å². The van der Waals surface area contributed by atoms with Crippen molar-refractivity contribution in [1.82, 2.24) is 10.6 Å². The highest BCUT2D eigenvalue weighted by molar-refractivity contribution is 5.73. The van der Waals surface area contributed by atoms with E-state index in [2.05, 4.69) is 71.8 Å². The Labute approximate surface area is 257 Å². The molecule has 0 spiro atoms. The van der Waals surface area contributed by atoms with Gasteiger partial charge in [-0.15, -0.1) is 0 Å². The second kappa shape index (κ2) is 16.4. The number of nitrogens with zero attached hydrogens (tertiary/aromatic N) is 1. The molecule has 9 nitrogen and oxygen atoms in total. The first-order valence-electron chi connectivity index (χ1n) is 15.6. The van der Waals surface area contributed by atoms with Gasteiger partial charge < -0.3 is 39.2 Å². The first-order valence-corrected chi connectivity index (χ1v) is 15.6. The van der Waals surface area contributed by atoms with Gasteiger partial charge in [-0.2, -0.15) is 0 Å². The highest BCUT2D eigenvalue weighted by atomic mass is 16.5. The van der Waals surface area contributed by atoms with Gasteiger partial charge in [-0.1, -0.05) is 30.3 Å². The summed E-state index contributed by atoms with van der Waals surface area (Å²) in [7, 11) is 3.43. The Balaban J connectivity index is 1.45. The van der Waals surface area contributed by atoms with Crippen LogP contribution in [0.4, 0.5) is 5.69 Å². The van der Waals surface area contributed by atoms with Crippen molar-refractivity contribution in [2.75, 3.05) is 65.2 Å². The number of carbonyl (C=O) groups is 1. The highest BCUT2D eigenvalue weighted by Gasteiger charge is 2.35. The van der Waals surface area contributed by atoms with Crippen LogP contribution in [-0.2, 0) is 37.0 Å². The molecule has 43 heavy (non-hydrogen) atoms. The molecular formula is C34H51N3O6. The second-order valence-corrected chi connectivity index (χ2v) is 12.3. The number of fused-ring (bicyclic) bond motifs is 1. The molecule has 0 radical (unpaired) electrons. The van der Waals surface area contributed by atoms with Gasteiger partial charge in [0.25, 0.3) is 0 Å². The van der Waals surface area contributed by atoms with Crippen LogP contribution in [0.1, 0.15) is 62.6 Å².